The van der Waals surface area contributed by atoms with Crippen LogP contribution in [0, 0.1) is 6.92 Å². The van der Waals surface area contributed by atoms with E-state index >= 15 is 0 Å². The second-order valence-electron chi connectivity index (χ2n) is 5.73. The van der Waals surface area contributed by atoms with Gasteiger partial charge in [-0.15, -0.1) is 0 Å². The van der Waals surface area contributed by atoms with Crippen molar-refractivity contribution in [3.05, 3.63) is 58.7 Å². The topological polar surface area (TPSA) is 79.4 Å². The Morgan fingerprint density at radius 2 is 2.07 bits per heavy atom. The first-order valence-electron chi connectivity index (χ1n) is 8.10. The molecule has 0 atom stereocenters. The lowest BCUT2D eigenvalue weighted by atomic mass is 10.2. The lowest BCUT2D eigenvalue weighted by Crippen LogP contribution is -2.01. The number of hydrogen-bond acceptors (Lipinski definition) is 6. The van der Waals surface area contributed by atoms with Crippen LogP contribution in [-0.2, 0) is 23.2 Å². The predicted molar refractivity (Wildman–Crippen MR) is 100 cm³/mol. The van der Waals surface area contributed by atoms with Crippen LogP contribution in [-0.4, -0.2) is 27.8 Å². The number of ether oxygens (including phenoxy) is 2. The molecule has 3 aromatic rings. The van der Waals surface area contributed by atoms with Crippen LogP contribution in [0.25, 0.3) is 17.5 Å². The molecule has 0 aliphatic heterocycles. The van der Waals surface area contributed by atoms with Crippen LogP contribution in [0.3, 0.4) is 0 Å². The van der Waals surface area contributed by atoms with Crippen molar-refractivity contribution in [3.8, 4) is 17.2 Å². The minimum Gasteiger partial charge on any atom is -0.497 e. The number of rotatable bonds is 6. The Morgan fingerprint density at radius 1 is 1.33 bits per heavy atom. The second-order valence-corrected chi connectivity index (χ2v) is 6.09. The predicted octanol–water partition coefficient (Wildman–Crippen LogP) is 3.80. The Labute approximate surface area is 161 Å². The molecule has 2 heterocycles. The van der Waals surface area contributed by atoms with Gasteiger partial charge in [0.1, 0.15) is 29.5 Å². The van der Waals surface area contributed by atoms with E-state index in [1.165, 1.54) is 17.0 Å². The Bertz CT molecular complexity index is 974. The maximum atomic E-state index is 11.9. The van der Waals surface area contributed by atoms with Gasteiger partial charge in [0, 0.05) is 24.3 Å². The number of benzene rings is 1. The summed E-state index contributed by atoms with van der Waals surface area (Å²) in [5, 5.41) is 4.63. The molecule has 27 heavy (non-hydrogen) atoms. The number of halogens is 1. The largest absolute Gasteiger partial charge is 0.497 e. The van der Waals surface area contributed by atoms with Crippen molar-refractivity contribution in [3.63, 3.8) is 0 Å². The molecule has 0 N–H and O–H groups in total. The van der Waals surface area contributed by atoms with E-state index < -0.39 is 5.97 Å². The van der Waals surface area contributed by atoms with Crippen molar-refractivity contribution in [2.24, 2.45) is 7.05 Å². The summed E-state index contributed by atoms with van der Waals surface area (Å²) in [7, 11) is 3.33. The summed E-state index contributed by atoms with van der Waals surface area (Å²) in [6.07, 6.45) is 4.34. The van der Waals surface area contributed by atoms with Gasteiger partial charge in [-0.1, -0.05) is 11.6 Å². The lowest BCUT2D eigenvalue weighted by molar-refractivity contribution is -0.139. The normalized spacial score (nSPS) is 11.1. The number of carbonyl (C=O) groups excluding carboxylic acids is 1. The highest BCUT2D eigenvalue weighted by molar-refractivity contribution is 6.31. The van der Waals surface area contributed by atoms with E-state index in [1.54, 1.807) is 20.2 Å². The zero-order valence-corrected chi connectivity index (χ0v) is 15.9. The lowest BCUT2D eigenvalue weighted by Gasteiger charge is -2.00. The van der Waals surface area contributed by atoms with Gasteiger partial charge in [-0.2, -0.15) is 5.10 Å². The summed E-state index contributed by atoms with van der Waals surface area (Å²) < 4.78 is 17.3. The van der Waals surface area contributed by atoms with Crippen LogP contribution >= 0.6 is 11.6 Å². The quantitative estimate of drug-likeness (QED) is 0.472. The minimum absolute atomic E-state index is 0.00256. The van der Waals surface area contributed by atoms with Gasteiger partial charge in [-0.05, 0) is 37.3 Å². The fourth-order valence-electron chi connectivity index (χ4n) is 2.42. The average Bonchev–Trinajstić information content (AvgIpc) is 3.24. The molecular weight excluding hydrogens is 370 g/mol. The molecule has 0 saturated heterocycles. The Morgan fingerprint density at radius 3 is 2.70 bits per heavy atom. The maximum Gasteiger partial charge on any atom is 0.331 e. The number of methoxy groups -OCH3 is 1. The molecule has 8 heteroatoms. The van der Waals surface area contributed by atoms with Gasteiger partial charge in [-0.25, -0.2) is 9.78 Å². The second kappa shape index (κ2) is 8.09. The van der Waals surface area contributed by atoms with Crippen LogP contribution < -0.4 is 4.74 Å². The molecule has 0 aliphatic rings. The Hall–Kier alpha value is -3.06. The number of carbonyl (C=O) groups is 1. The molecule has 0 radical (unpaired) electrons. The van der Waals surface area contributed by atoms with Crippen molar-refractivity contribution in [2.45, 2.75) is 13.5 Å². The highest BCUT2D eigenvalue weighted by Gasteiger charge is 2.10. The zero-order chi connectivity index (χ0) is 19.4. The molecule has 0 spiro atoms. The summed E-state index contributed by atoms with van der Waals surface area (Å²) in [5.74, 6) is 0.676. The number of hydrogen-bond donors (Lipinski definition) is 0. The van der Waals surface area contributed by atoms with Gasteiger partial charge < -0.3 is 13.9 Å². The van der Waals surface area contributed by atoms with Crippen molar-refractivity contribution in [1.82, 2.24) is 14.8 Å². The SMILES string of the molecule is COc1ccc(-c2nc(COC(=O)/C=C/c3c(C)nn(C)c3Cl)co2)cc1. The first kappa shape index (κ1) is 18.7. The summed E-state index contributed by atoms with van der Waals surface area (Å²) in [6, 6.07) is 7.30. The zero-order valence-electron chi connectivity index (χ0n) is 15.1. The molecule has 0 unspecified atom stereocenters. The molecule has 7 nitrogen and oxygen atoms in total. The third-order valence-corrected chi connectivity index (χ3v) is 4.28. The first-order chi connectivity index (χ1) is 13.0. The molecule has 0 amide bonds. The Balaban J connectivity index is 1.59. The van der Waals surface area contributed by atoms with Gasteiger partial charge in [0.05, 0.1) is 12.8 Å². The van der Waals surface area contributed by atoms with Crippen molar-refractivity contribution in [1.29, 1.82) is 0 Å². The average molecular weight is 388 g/mol. The molecule has 0 aliphatic carbocycles. The van der Waals surface area contributed by atoms with E-state index in [1.807, 2.05) is 31.2 Å². The number of aryl methyl sites for hydroxylation is 2. The molecular formula is C19H18ClN3O4. The third-order valence-electron chi connectivity index (χ3n) is 3.83. The molecule has 0 bridgehead atoms. The van der Waals surface area contributed by atoms with E-state index in [2.05, 4.69) is 10.1 Å². The van der Waals surface area contributed by atoms with Crippen LogP contribution in [0.15, 0.2) is 41.0 Å². The number of esters is 1. The number of aromatic nitrogens is 3. The van der Waals surface area contributed by atoms with Gasteiger partial charge >= 0.3 is 5.97 Å². The Kier molecular flexibility index (Phi) is 5.61. The highest BCUT2D eigenvalue weighted by Crippen LogP contribution is 2.22. The van der Waals surface area contributed by atoms with E-state index in [4.69, 9.17) is 25.5 Å². The van der Waals surface area contributed by atoms with Crippen molar-refractivity contribution in [2.75, 3.05) is 7.11 Å². The van der Waals surface area contributed by atoms with Gasteiger partial charge in [0.25, 0.3) is 0 Å². The highest BCUT2D eigenvalue weighted by atomic mass is 35.5. The maximum absolute atomic E-state index is 11.9. The fraction of sp³-hybridized carbons (Fsp3) is 0.211. The summed E-state index contributed by atoms with van der Waals surface area (Å²) >= 11 is 6.12. The minimum atomic E-state index is -0.511. The monoisotopic (exact) mass is 387 g/mol. The van der Waals surface area contributed by atoms with Crippen LogP contribution in [0.2, 0.25) is 5.15 Å². The molecule has 0 fully saturated rings. The van der Waals surface area contributed by atoms with E-state index in [0.717, 1.165) is 17.0 Å². The third kappa shape index (κ3) is 4.38. The van der Waals surface area contributed by atoms with E-state index in [9.17, 15) is 4.79 Å². The number of oxazole rings is 1. The smallest absolute Gasteiger partial charge is 0.331 e. The van der Waals surface area contributed by atoms with Crippen LogP contribution in [0.1, 0.15) is 17.0 Å². The summed E-state index contributed by atoms with van der Waals surface area (Å²) in [5.41, 5.74) is 2.72. The van der Waals surface area contributed by atoms with Crippen molar-refractivity contribution >= 4 is 23.6 Å². The molecule has 140 valence electrons. The number of nitrogens with zero attached hydrogens (tertiary/aromatic N) is 3. The fourth-order valence-corrected chi connectivity index (χ4v) is 2.66. The summed E-state index contributed by atoms with van der Waals surface area (Å²) in [6.45, 7) is 1.82. The van der Waals surface area contributed by atoms with Gasteiger partial charge in [0.2, 0.25) is 5.89 Å². The van der Waals surface area contributed by atoms with Gasteiger partial charge in [0.15, 0.2) is 0 Å². The van der Waals surface area contributed by atoms with E-state index in [0.29, 0.717) is 22.3 Å². The molecule has 2 aromatic heterocycles. The first-order valence-corrected chi connectivity index (χ1v) is 8.48. The standard InChI is InChI=1S/C19H18ClN3O4/c1-12-16(18(20)23(2)22-12)8-9-17(24)26-10-14-11-27-19(21-14)13-4-6-15(25-3)7-5-13/h4-9,11H,10H2,1-3H3/b9-8+. The van der Waals surface area contributed by atoms with Crippen LogP contribution in [0.5, 0.6) is 5.75 Å². The summed E-state index contributed by atoms with van der Waals surface area (Å²) in [4.78, 5) is 16.2. The van der Waals surface area contributed by atoms with Crippen LogP contribution in [0.4, 0.5) is 0 Å². The molecule has 0 saturated carbocycles. The van der Waals surface area contributed by atoms with Crippen molar-refractivity contribution < 1.29 is 18.7 Å². The van der Waals surface area contributed by atoms with Gasteiger partial charge in [-0.3, -0.25) is 4.68 Å². The molecule has 1 aromatic carbocycles. The molecule has 3 rings (SSSR count). The van der Waals surface area contributed by atoms with E-state index in [-0.39, 0.29) is 6.61 Å².